The largest absolute Gasteiger partial charge is 0.378 e. The predicted octanol–water partition coefficient (Wildman–Crippen LogP) is 2.50. The van der Waals surface area contributed by atoms with Crippen LogP contribution in [0, 0.1) is 0 Å². The topological polar surface area (TPSA) is 21.3 Å². The highest BCUT2D eigenvalue weighted by atomic mass is 16.5. The van der Waals surface area contributed by atoms with Crippen molar-refractivity contribution in [1.29, 1.82) is 0 Å². The molecule has 1 saturated heterocycles. The Morgan fingerprint density at radius 1 is 1.64 bits per heavy atom. The third-order valence-electron chi connectivity index (χ3n) is 2.96. The van der Waals surface area contributed by atoms with Crippen LogP contribution in [0.25, 0.3) is 0 Å². The molecule has 0 amide bonds. The lowest BCUT2D eigenvalue weighted by molar-refractivity contribution is 0.101. The summed E-state index contributed by atoms with van der Waals surface area (Å²) in [5.74, 6) is 0. The second-order valence-electron chi connectivity index (χ2n) is 4.08. The highest BCUT2D eigenvalue weighted by Gasteiger charge is 2.15. The predicted molar refractivity (Wildman–Crippen MR) is 60.5 cm³/mol. The summed E-state index contributed by atoms with van der Waals surface area (Å²) >= 11 is 0. The van der Waals surface area contributed by atoms with E-state index >= 15 is 0 Å². The molecule has 0 bridgehead atoms. The molecule has 1 N–H and O–H groups in total. The maximum absolute atomic E-state index is 5.59. The average molecular weight is 197 g/mol. The smallest absolute Gasteiger partial charge is 0.0576 e. The van der Waals surface area contributed by atoms with Crippen molar-refractivity contribution in [2.24, 2.45) is 0 Å². The van der Waals surface area contributed by atoms with Crippen molar-refractivity contribution < 1.29 is 4.74 Å². The van der Waals surface area contributed by atoms with E-state index in [0.717, 1.165) is 13.0 Å². The zero-order valence-corrected chi connectivity index (χ0v) is 9.30. The number of hydrogen-bond donors (Lipinski definition) is 1. The maximum Gasteiger partial charge on any atom is 0.0576 e. The molecule has 0 aromatic heterocycles. The van der Waals surface area contributed by atoms with Gasteiger partial charge in [-0.2, -0.15) is 0 Å². The minimum atomic E-state index is 0.552. The normalized spacial score (nSPS) is 23.6. The molecule has 1 fully saturated rings. The second-order valence-corrected chi connectivity index (χ2v) is 4.08. The Morgan fingerprint density at radius 2 is 2.50 bits per heavy atom. The fourth-order valence-corrected chi connectivity index (χ4v) is 2.05. The molecule has 82 valence electrons. The van der Waals surface area contributed by atoms with E-state index in [-0.39, 0.29) is 0 Å². The standard InChI is InChI=1S/C12H23NO/c1-3-6-11(13-2)7-4-8-12-9-5-10-14-12/h3,11-13H,1,4-10H2,2H3. The van der Waals surface area contributed by atoms with E-state index in [0.29, 0.717) is 12.1 Å². The first-order chi connectivity index (χ1) is 6.86. The van der Waals surface area contributed by atoms with Gasteiger partial charge in [-0.05, 0) is 45.6 Å². The average Bonchev–Trinajstić information content (AvgIpc) is 2.69. The molecule has 1 heterocycles. The van der Waals surface area contributed by atoms with Gasteiger partial charge in [-0.3, -0.25) is 0 Å². The summed E-state index contributed by atoms with van der Waals surface area (Å²) in [5.41, 5.74) is 0. The molecule has 1 rings (SSSR count). The molecule has 0 spiro atoms. The number of rotatable bonds is 7. The first-order valence-corrected chi connectivity index (χ1v) is 5.76. The Kier molecular flexibility index (Phi) is 5.88. The zero-order chi connectivity index (χ0) is 10.2. The summed E-state index contributed by atoms with van der Waals surface area (Å²) in [5, 5.41) is 3.32. The number of hydrogen-bond acceptors (Lipinski definition) is 2. The molecule has 2 nitrogen and oxygen atoms in total. The Labute approximate surface area is 87.7 Å². The van der Waals surface area contributed by atoms with Gasteiger partial charge in [0, 0.05) is 12.6 Å². The van der Waals surface area contributed by atoms with Crippen LogP contribution in [0.2, 0.25) is 0 Å². The quantitative estimate of drug-likeness (QED) is 0.633. The summed E-state index contributed by atoms with van der Waals surface area (Å²) < 4.78 is 5.59. The van der Waals surface area contributed by atoms with Gasteiger partial charge < -0.3 is 10.1 Å². The summed E-state index contributed by atoms with van der Waals surface area (Å²) in [6, 6.07) is 0.605. The lowest BCUT2D eigenvalue weighted by Crippen LogP contribution is -2.24. The van der Waals surface area contributed by atoms with E-state index < -0.39 is 0 Å². The first kappa shape index (κ1) is 11.7. The van der Waals surface area contributed by atoms with Crippen molar-refractivity contribution in [3.63, 3.8) is 0 Å². The Hall–Kier alpha value is -0.340. The van der Waals surface area contributed by atoms with Gasteiger partial charge in [0.1, 0.15) is 0 Å². The van der Waals surface area contributed by atoms with Crippen LogP contribution in [0.4, 0.5) is 0 Å². The molecule has 0 aromatic carbocycles. The molecule has 2 atom stereocenters. The van der Waals surface area contributed by atoms with Crippen LogP contribution in [0.3, 0.4) is 0 Å². The van der Waals surface area contributed by atoms with Gasteiger partial charge in [0.15, 0.2) is 0 Å². The first-order valence-electron chi connectivity index (χ1n) is 5.76. The fourth-order valence-electron chi connectivity index (χ4n) is 2.05. The zero-order valence-electron chi connectivity index (χ0n) is 9.30. The van der Waals surface area contributed by atoms with E-state index in [1.807, 2.05) is 13.1 Å². The second kappa shape index (κ2) is 7.02. The highest BCUT2D eigenvalue weighted by molar-refractivity contribution is 4.77. The Morgan fingerprint density at radius 3 is 3.07 bits per heavy atom. The van der Waals surface area contributed by atoms with Crippen molar-refractivity contribution >= 4 is 0 Å². The van der Waals surface area contributed by atoms with Crippen molar-refractivity contribution in [3.05, 3.63) is 12.7 Å². The molecule has 0 saturated carbocycles. The summed E-state index contributed by atoms with van der Waals surface area (Å²) in [7, 11) is 2.03. The minimum absolute atomic E-state index is 0.552. The summed E-state index contributed by atoms with van der Waals surface area (Å²) in [4.78, 5) is 0. The van der Waals surface area contributed by atoms with Crippen molar-refractivity contribution in [2.45, 2.75) is 50.7 Å². The van der Waals surface area contributed by atoms with Gasteiger partial charge in [-0.1, -0.05) is 6.08 Å². The molecule has 14 heavy (non-hydrogen) atoms. The van der Waals surface area contributed by atoms with Gasteiger partial charge >= 0.3 is 0 Å². The van der Waals surface area contributed by atoms with Gasteiger partial charge in [0.25, 0.3) is 0 Å². The molecular formula is C12H23NO. The van der Waals surface area contributed by atoms with Crippen LogP contribution in [0.1, 0.15) is 38.5 Å². The van der Waals surface area contributed by atoms with E-state index in [9.17, 15) is 0 Å². The van der Waals surface area contributed by atoms with Crippen molar-refractivity contribution in [3.8, 4) is 0 Å². The molecule has 0 aliphatic carbocycles. The van der Waals surface area contributed by atoms with E-state index in [2.05, 4.69) is 11.9 Å². The van der Waals surface area contributed by atoms with Crippen LogP contribution >= 0.6 is 0 Å². The molecule has 1 aliphatic rings. The Balaban J connectivity index is 2.02. The molecule has 0 radical (unpaired) electrons. The van der Waals surface area contributed by atoms with Crippen LogP contribution in [-0.2, 0) is 4.74 Å². The minimum Gasteiger partial charge on any atom is -0.378 e. The lowest BCUT2D eigenvalue weighted by atomic mass is 10.0. The third kappa shape index (κ3) is 4.25. The van der Waals surface area contributed by atoms with Crippen LogP contribution < -0.4 is 5.32 Å². The fraction of sp³-hybridized carbons (Fsp3) is 0.833. The van der Waals surface area contributed by atoms with E-state index in [4.69, 9.17) is 4.74 Å². The van der Waals surface area contributed by atoms with E-state index in [1.165, 1.54) is 32.1 Å². The Bertz CT molecular complexity index is 152. The molecule has 2 unspecified atom stereocenters. The lowest BCUT2D eigenvalue weighted by Gasteiger charge is -2.15. The monoisotopic (exact) mass is 197 g/mol. The number of nitrogens with one attached hydrogen (secondary N) is 1. The van der Waals surface area contributed by atoms with Gasteiger partial charge in [-0.25, -0.2) is 0 Å². The molecule has 2 heteroatoms. The summed E-state index contributed by atoms with van der Waals surface area (Å²) in [6.07, 6.45) is 9.88. The van der Waals surface area contributed by atoms with Crippen LogP contribution in [-0.4, -0.2) is 25.8 Å². The summed E-state index contributed by atoms with van der Waals surface area (Å²) in [6.45, 7) is 4.75. The molecule has 0 aromatic rings. The number of ether oxygens (including phenoxy) is 1. The van der Waals surface area contributed by atoms with Crippen molar-refractivity contribution in [1.82, 2.24) is 5.32 Å². The van der Waals surface area contributed by atoms with Crippen LogP contribution in [0.15, 0.2) is 12.7 Å². The van der Waals surface area contributed by atoms with Gasteiger partial charge in [-0.15, -0.1) is 6.58 Å². The third-order valence-corrected chi connectivity index (χ3v) is 2.96. The SMILES string of the molecule is C=CCC(CCCC1CCCO1)NC. The van der Waals surface area contributed by atoms with Crippen molar-refractivity contribution in [2.75, 3.05) is 13.7 Å². The van der Waals surface area contributed by atoms with Crippen LogP contribution in [0.5, 0.6) is 0 Å². The van der Waals surface area contributed by atoms with E-state index in [1.54, 1.807) is 0 Å². The molecule has 1 aliphatic heterocycles. The molecular weight excluding hydrogens is 174 g/mol. The van der Waals surface area contributed by atoms with Gasteiger partial charge in [0.05, 0.1) is 6.10 Å². The van der Waals surface area contributed by atoms with Gasteiger partial charge in [0.2, 0.25) is 0 Å². The highest BCUT2D eigenvalue weighted by Crippen LogP contribution is 2.18. The maximum atomic E-state index is 5.59.